The number of aryl methyl sites for hydroxylation is 1. The molecule has 1 aromatic carbocycles. The van der Waals surface area contributed by atoms with Crippen molar-refractivity contribution in [1.29, 1.82) is 0 Å². The second kappa shape index (κ2) is 7.55. The Morgan fingerprint density at radius 2 is 1.92 bits per heavy atom. The number of thiophene rings is 1. The highest BCUT2D eigenvalue weighted by atomic mass is 32.2. The molecule has 3 aromatic rings. The minimum atomic E-state index is -3.26. The maximum Gasteiger partial charge on any atom is 0.229 e. The molecule has 2 aromatic heterocycles. The molecule has 25 heavy (non-hydrogen) atoms. The second-order valence-electron chi connectivity index (χ2n) is 5.63. The zero-order chi connectivity index (χ0) is 17.9. The van der Waals surface area contributed by atoms with Gasteiger partial charge in [0, 0.05) is 27.5 Å². The summed E-state index contributed by atoms with van der Waals surface area (Å²) in [7, 11) is -3.26. The number of sulfonamides is 1. The van der Waals surface area contributed by atoms with E-state index in [1.807, 2.05) is 19.1 Å². The molecule has 132 valence electrons. The van der Waals surface area contributed by atoms with E-state index in [0.717, 1.165) is 40.5 Å². The van der Waals surface area contributed by atoms with Crippen LogP contribution in [0.1, 0.15) is 9.75 Å². The third kappa shape index (κ3) is 5.04. The van der Waals surface area contributed by atoms with Crippen LogP contribution in [-0.4, -0.2) is 26.2 Å². The zero-order valence-corrected chi connectivity index (χ0v) is 16.4. The van der Waals surface area contributed by atoms with Gasteiger partial charge in [0.1, 0.15) is 0 Å². The maximum absolute atomic E-state index is 11.3. The van der Waals surface area contributed by atoms with E-state index < -0.39 is 10.0 Å². The number of benzene rings is 1. The monoisotopic (exact) mass is 393 g/mol. The molecule has 0 saturated heterocycles. The van der Waals surface area contributed by atoms with Gasteiger partial charge in [-0.25, -0.2) is 13.4 Å². The molecule has 0 aliphatic carbocycles. The van der Waals surface area contributed by atoms with Gasteiger partial charge in [-0.1, -0.05) is 18.2 Å². The average Bonchev–Trinajstić information content (AvgIpc) is 3.17. The standard InChI is InChI=1S/C17H19N3O2S3/c1-12-16(13-5-7-14(8-6-13)20-25(2,21)22)19-17(24-12)18-10-9-15-4-3-11-23-15/h3-8,11,20H,9-10H2,1-2H3,(H,18,19). The SMILES string of the molecule is Cc1sc(NCCc2cccs2)nc1-c1ccc(NS(C)(=O)=O)cc1. The van der Waals surface area contributed by atoms with Gasteiger partial charge in [0.15, 0.2) is 5.13 Å². The topological polar surface area (TPSA) is 71.1 Å². The lowest BCUT2D eigenvalue weighted by molar-refractivity contribution is 0.607. The van der Waals surface area contributed by atoms with Gasteiger partial charge in [-0.3, -0.25) is 4.72 Å². The smallest absolute Gasteiger partial charge is 0.229 e. The van der Waals surface area contributed by atoms with E-state index in [4.69, 9.17) is 0 Å². The van der Waals surface area contributed by atoms with Crippen LogP contribution in [0.2, 0.25) is 0 Å². The van der Waals surface area contributed by atoms with Gasteiger partial charge in [-0.05, 0) is 36.9 Å². The molecule has 0 aliphatic rings. The highest BCUT2D eigenvalue weighted by molar-refractivity contribution is 7.92. The molecule has 0 saturated carbocycles. The molecular weight excluding hydrogens is 374 g/mol. The van der Waals surface area contributed by atoms with Crippen LogP contribution in [-0.2, 0) is 16.4 Å². The summed E-state index contributed by atoms with van der Waals surface area (Å²) in [6.45, 7) is 2.89. The quantitative estimate of drug-likeness (QED) is 0.631. The van der Waals surface area contributed by atoms with Gasteiger partial charge >= 0.3 is 0 Å². The van der Waals surface area contributed by atoms with Gasteiger partial charge in [0.25, 0.3) is 0 Å². The largest absolute Gasteiger partial charge is 0.361 e. The fraction of sp³-hybridized carbons (Fsp3) is 0.235. The summed E-state index contributed by atoms with van der Waals surface area (Å²) < 4.78 is 25.0. The number of hydrogen-bond donors (Lipinski definition) is 2. The Bertz CT molecular complexity index is 930. The van der Waals surface area contributed by atoms with E-state index in [1.165, 1.54) is 4.88 Å². The number of hydrogen-bond acceptors (Lipinski definition) is 6. The molecule has 2 N–H and O–H groups in total. The van der Waals surface area contributed by atoms with Crippen LogP contribution in [0.4, 0.5) is 10.8 Å². The van der Waals surface area contributed by atoms with Gasteiger partial charge in [0.05, 0.1) is 11.9 Å². The van der Waals surface area contributed by atoms with E-state index in [1.54, 1.807) is 34.8 Å². The van der Waals surface area contributed by atoms with Crippen LogP contribution >= 0.6 is 22.7 Å². The number of rotatable bonds is 7. The highest BCUT2D eigenvalue weighted by Gasteiger charge is 2.10. The van der Waals surface area contributed by atoms with Crippen molar-refractivity contribution in [2.24, 2.45) is 0 Å². The Balaban J connectivity index is 1.67. The van der Waals surface area contributed by atoms with Crippen LogP contribution in [0.5, 0.6) is 0 Å². The first kappa shape index (κ1) is 17.9. The summed E-state index contributed by atoms with van der Waals surface area (Å²) >= 11 is 3.39. The van der Waals surface area contributed by atoms with E-state index in [0.29, 0.717) is 5.69 Å². The van der Waals surface area contributed by atoms with Crippen molar-refractivity contribution >= 4 is 43.5 Å². The molecule has 0 atom stereocenters. The molecule has 3 rings (SSSR count). The normalized spacial score (nSPS) is 11.4. The summed E-state index contributed by atoms with van der Waals surface area (Å²) in [5, 5.41) is 6.37. The van der Waals surface area contributed by atoms with E-state index in [-0.39, 0.29) is 0 Å². The third-order valence-corrected chi connectivity index (χ3v) is 5.96. The Hall–Kier alpha value is -1.90. The number of aromatic nitrogens is 1. The van der Waals surface area contributed by atoms with Crippen molar-refractivity contribution in [1.82, 2.24) is 4.98 Å². The summed E-state index contributed by atoms with van der Waals surface area (Å²) in [5.41, 5.74) is 2.45. The Morgan fingerprint density at radius 1 is 1.16 bits per heavy atom. The molecule has 0 bridgehead atoms. The van der Waals surface area contributed by atoms with Crippen molar-refractivity contribution in [3.63, 3.8) is 0 Å². The van der Waals surface area contributed by atoms with Crippen molar-refractivity contribution in [2.45, 2.75) is 13.3 Å². The summed E-state index contributed by atoms with van der Waals surface area (Å²) in [6.07, 6.45) is 2.12. The Kier molecular flexibility index (Phi) is 5.41. The van der Waals surface area contributed by atoms with Crippen LogP contribution < -0.4 is 10.0 Å². The fourth-order valence-corrected chi connectivity index (χ4v) is 4.53. The van der Waals surface area contributed by atoms with E-state index >= 15 is 0 Å². The highest BCUT2D eigenvalue weighted by Crippen LogP contribution is 2.31. The molecule has 0 unspecified atom stereocenters. The zero-order valence-electron chi connectivity index (χ0n) is 13.9. The van der Waals surface area contributed by atoms with Crippen LogP contribution in [0.15, 0.2) is 41.8 Å². The van der Waals surface area contributed by atoms with Crippen LogP contribution in [0.25, 0.3) is 11.3 Å². The van der Waals surface area contributed by atoms with Crippen molar-refractivity contribution in [2.75, 3.05) is 22.8 Å². The Morgan fingerprint density at radius 3 is 2.56 bits per heavy atom. The molecule has 0 radical (unpaired) electrons. The summed E-state index contributed by atoms with van der Waals surface area (Å²) in [5.74, 6) is 0. The first-order valence-corrected chi connectivity index (χ1v) is 11.3. The summed E-state index contributed by atoms with van der Waals surface area (Å²) in [4.78, 5) is 7.16. The molecular formula is C17H19N3O2S3. The molecule has 8 heteroatoms. The minimum absolute atomic E-state index is 0.549. The number of thiazole rings is 1. The number of nitrogens with one attached hydrogen (secondary N) is 2. The average molecular weight is 394 g/mol. The van der Waals surface area contributed by atoms with Crippen molar-refractivity contribution < 1.29 is 8.42 Å². The first-order valence-electron chi connectivity index (χ1n) is 7.72. The van der Waals surface area contributed by atoms with E-state index in [2.05, 4.69) is 32.5 Å². The molecule has 2 heterocycles. The van der Waals surface area contributed by atoms with Gasteiger partial charge < -0.3 is 5.32 Å². The lowest BCUT2D eigenvalue weighted by Crippen LogP contribution is -2.09. The number of nitrogens with zero attached hydrogens (tertiary/aromatic N) is 1. The molecule has 0 spiro atoms. The second-order valence-corrected chi connectivity index (χ2v) is 9.62. The van der Waals surface area contributed by atoms with Crippen molar-refractivity contribution in [3.8, 4) is 11.3 Å². The van der Waals surface area contributed by atoms with Crippen molar-refractivity contribution in [3.05, 3.63) is 51.5 Å². The fourth-order valence-electron chi connectivity index (χ4n) is 2.40. The molecule has 5 nitrogen and oxygen atoms in total. The molecule has 0 amide bonds. The van der Waals surface area contributed by atoms with Crippen LogP contribution in [0, 0.1) is 6.92 Å². The molecule has 0 fully saturated rings. The van der Waals surface area contributed by atoms with Crippen LogP contribution in [0.3, 0.4) is 0 Å². The summed E-state index contributed by atoms with van der Waals surface area (Å²) in [6, 6.07) is 11.5. The minimum Gasteiger partial charge on any atom is -0.361 e. The maximum atomic E-state index is 11.3. The number of anilines is 2. The lowest BCUT2D eigenvalue weighted by atomic mass is 10.1. The predicted molar refractivity (Wildman–Crippen MR) is 107 cm³/mol. The van der Waals surface area contributed by atoms with Gasteiger partial charge in [0.2, 0.25) is 10.0 Å². The predicted octanol–water partition coefficient (Wildman–Crippen LogP) is 4.21. The third-order valence-electron chi connectivity index (χ3n) is 3.49. The van der Waals surface area contributed by atoms with Gasteiger partial charge in [-0.15, -0.1) is 22.7 Å². The van der Waals surface area contributed by atoms with E-state index in [9.17, 15) is 8.42 Å². The molecule has 0 aliphatic heterocycles. The first-order chi connectivity index (χ1) is 11.9. The van der Waals surface area contributed by atoms with Gasteiger partial charge in [-0.2, -0.15) is 0 Å². The Labute approximate surface area is 155 Å². The lowest BCUT2D eigenvalue weighted by Gasteiger charge is -2.05.